The predicted molar refractivity (Wildman–Crippen MR) is 93.6 cm³/mol. The fourth-order valence-corrected chi connectivity index (χ4v) is 3.28. The first-order valence-corrected chi connectivity index (χ1v) is 8.63. The summed E-state index contributed by atoms with van der Waals surface area (Å²) in [5, 5.41) is 3.01. The average molecular weight is 332 g/mol. The van der Waals surface area contributed by atoms with Crippen molar-refractivity contribution in [2.75, 3.05) is 13.7 Å². The predicted octanol–water partition coefficient (Wildman–Crippen LogP) is 2.59. The van der Waals surface area contributed by atoms with E-state index in [9.17, 15) is 9.59 Å². The van der Waals surface area contributed by atoms with Gasteiger partial charge in [-0.05, 0) is 25.3 Å². The first kappa shape index (κ1) is 18.3. The molecule has 1 saturated heterocycles. The van der Waals surface area contributed by atoms with Crippen LogP contribution < -0.4 is 10.1 Å². The van der Waals surface area contributed by atoms with Gasteiger partial charge in [-0.25, -0.2) is 0 Å². The molecule has 0 bridgehead atoms. The minimum Gasteiger partial charge on any atom is -0.496 e. The molecule has 0 spiro atoms. The van der Waals surface area contributed by atoms with Crippen LogP contribution in [-0.4, -0.2) is 36.4 Å². The second-order valence-corrected chi connectivity index (χ2v) is 6.86. The van der Waals surface area contributed by atoms with Gasteiger partial charge in [-0.2, -0.15) is 0 Å². The Bertz CT molecular complexity index is 586. The molecule has 1 aliphatic rings. The molecule has 132 valence electrons. The molecule has 1 fully saturated rings. The Labute approximate surface area is 144 Å². The lowest BCUT2D eigenvalue weighted by Gasteiger charge is -2.39. The van der Waals surface area contributed by atoms with Crippen LogP contribution in [0.1, 0.15) is 39.2 Å². The van der Waals surface area contributed by atoms with E-state index in [1.165, 1.54) is 0 Å². The average Bonchev–Trinajstić information content (AvgIpc) is 2.56. The van der Waals surface area contributed by atoms with Crippen molar-refractivity contribution >= 4 is 11.8 Å². The van der Waals surface area contributed by atoms with Gasteiger partial charge in [0.15, 0.2) is 0 Å². The third kappa shape index (κ3) is 4.28. The summed E-state index contributed by atoms with van der Waals surface area (Å²) in [4.78, 5) is 26.6. The van der Waals surface area contributed by atoms with Gasteiger partial charge >= 0.3 is 0 Å². The lowest BCUT2D eigenvalue weighted by Crippen LogP contribution is -2.52. The number of nitrogens with zero attached hydrogens (tertiary/aromatic N) is 1. The summed E-state index contributed by atoms with van der Waals surface area (Å²) in [5.74, 6) is 1.17. The van der Waals surface area contributed by atoms with Gasteiger partial charge in [-0.3, -0.25) is 9.59 Å². The normalized spacial score (nSPS) is 21.0. The molecule has 2 unspecified atom stereocenters. The number of methoxy groups -OCH3 is 1. The molecule has 1 aromatic carbocycles. The number of piperidine rings is 1. The van der Waals surface area contributed by atoms with Crippen molar-refractivity contribution in [2.45, 2.75) is 46.2 Å². The molecule has 5 nitrogen and oxygen atoms in total. The summed E-state index contributed by atoms with van der Waals surface area (Å²) < 4.78 is 5.31. The smallest absolute Gasteiger partial charge is 0.225 e. The molecule has 1 N–H and O–H groups in total. The van der Waals surface area contributed by atoms with Gasteiger partial charge < -0.3 is 15.0 Å². The molecule has 2 atom stereocenters. The second-order valence-electron chi connectivity index (χ2n) is 6.86. The standard InChI is InChI=1S/C19H28N2O3/c1-13(2)12-21-14(3)16(9-10-18(21)22)19(23)20-11-15-7-5-6-8-17(15)24-4/h5-8,13-14,16H,9-12H2,1-4H3,(H,20,23). The second kappa shape index (κ2) is 8.18. The Morgan fingerprint density at radius 2 is 2.08 bits per heavy atom. The summed E-state index contributed by atoms with van der Waals surface area (Å²) in [6.45, 7) is 7.30. The highest BCUT2D eigenvalue weighted by Crippen LogP contribution is 2.26. The first-order chi connectivity index (χ1) is 11.4. The van der Waals surface area contributed by atoms with Gasteiger partial charge in [0.1, 0.15) is 5.75 Å². The number of para-hydroxylation sites is 1. The molecular weight excluding hydrogens is 304 g/mol. The molecule has 0 aromatic heterocycles. The number of nitrogens with one attached hydrogen (secondary N) is 1. The minimum absolute atomic E-state index is 0.00895. The molecule has 1 aliphatic heterocycles. The van der Waals surface area contributed by atoms with E-state index >= 15 is 0 Å². The van der Waals surface area contributed by atoms with Crippen molar-refractivity contribution in [3.63, 3.8) is 0 Å². The zero-order valence-corrected chi connectivity index (χ0v) is 15.0. The maximum atomic E-state index is 12.6. The third-order valence-electron chi connectivity index (χ3n) is 4.61. The Hall–Kier alpha value is -2.04. The van der Waals surface area contributed by atoms with Crippen molar-refractivity contribution in [1.29, 1.82) is 0 Å². The van der Waals surface area contributed by atoms with Crippen LogP contribution in [0.15, 0.2) is 24.3 Å². The lowest BCUT2D eigenvalue weighted by atomic mass is 9.88. The number of carbonyl (C=O) groups excluding carboxylic acids is 2. The maximum Gasteiger partial charge on any atom is 0.225 e. The zero-order valence-electron chi connectivity index (χ0n) is 15.0. The molecule has 2 amide bonds. The van der Waals surface area contributed by atoms with Crippen LogP contribution >= 0.6 is 0 Å². The Morgan fingerprint density at radius 3 is 2.75 bits per heavy atom. The highest BCUT2D eigenvalue weighted by molar-refractivity contribution is 5.84. The van der Waals surface area contributed by atoms with Crippen LogP contribution in [0, 0.1) is 11.8 Å². The highest BCUT2D eigenvalue weighted by Gasteiger charge is 2.36. The fraction of sp³-hybridized carbons (Fsp3) is 0.579. The lowest BCUT2D eigenvalue weighted by molar-refractivity contribution is -0.143. The third-order valence-corrected chi connectivity index (χ3v) is 4.61. The molecule has 1 aromatic rings. The summed E-state index contributed by atoms with van der Waals surface area (Å²) in [6, 6.07) is 7.59. The SMILES string of the molecule is COc1ccccc1CNC(=O)C1CCC(=O)N(CC(C)C)C1C. The largest absolute Gasteiger partial charge is 0.496 e. The number of ether oxygens (including phenoxy) is 1. The highest BCUT2D eigenvalue weighted by atomic mass is 16.5. The number of hydrogen-bond acceptors (Lipinski definition) is 3. The molecule has 24 heavy (non-hydrogen) atoms. The van der Waals surface area contributed by atoms with Crippen LogP contribution in [0.3, 0.4) is 0 Å². The van der Waals surface area contributed by atoms with Crippen molar-refractivity contribution in [3.05, 3.63) is 29.8 Å². The zero-order chi connectivity index (χ0) is 17.7. The van der Waals surface area contributed by atoms with E-state index in [1.807, 2.05) is 36.1 Å². The topological polar surface area (TPSA) is 58.6 Å². The fourth-order valence-electron chi connectivity index (χ4n) is 3.28. The van der Waals surface area contributed by atoms with E-state index in [0.29, 0.717) is 31.8 Å². The molecule has 2 rings (SSSR count). The Morgan fingerprint density at radius 1 is 1.38 bits per heavy atom. The van der Waals surface area contributed by atoms with Crippen LogP contribution in [0.2, 0.25) is 0 Å². The van der Waals surface area contributed by atoms with Gasteiger partial charge in [-0.15, -0.1) is 0 Å². The van der Waals surface area contributed by atoms with Gasteiger partial charge in [0.2, 0.25) is 11.8 Å². The van der Waals surface area contributed by atoms with E-state index in [0.717, 1.165) is 11.3 Å². The van der Waals surface area contributed by atoms with Gasteiger partial charge in [0, 0.05) is 31.1 Å². The molecular formula is C19H28N2O3. The number of amides is 2. The van der Waals surface area contributed by atoms with E-state index in [2.05, 4.69) is 19.2 Å². The van der Waals surface area contributed by atoms with E-state index < -0.39 is 0 Å². The molecule has 0 aliphatic carbocycles. The van der Waals surface area contributed by atoms with Crippen LogP contribution in [0.5, 0.6) is 5.75 Å². The minimum atomic E-state index is -0.156. The first-order valence-electron chi connectivity index (χ1n) is 8.63. The van der Waals surface area contributed by atoms with E-state index in [-0.39, 0.29) is 23.8 Å². The van der Waals surface area contributed by atoms with Crippen molar-refractivity contribution in [3.8, 4) is 5.75 Å². The number of hydrogen-bond donors (Lipinski definition) is 1. The number of rotatable bonds is 6. The monoisotopic (exact) mass is 332 g/mol. The van der Waals surface area contributed by atoms with Crippen molar-refractivity contribution in [1.82, 2.24) is 10.2 Å². The van der Waals surface area contributed by atoms with Crippen LogP contribution in [-0.2, 0) is 16.1 Å². The summed E-state index contributed by atoms with van der Waals surface area (Å²) >= 11 is 0. The van der Waals surface area contributed by atoms with E-state index in [4.69, 9.17) is 4.74 Å². The quantitative estimate of drug-likeness (QED) is 0.871. The molecule has 1 heterocycles. The molecule has 0 radical (unpaired) electrons. The van der Waals surface area contributed by atoms with Gasteiger partial charge in [0.25, 0.3) is 0 Å². The maximum absolute atomic E-state index is 12.6. The van der Waals surface area contributed by atoms with E-state index in [1.54, 1.807) is 7.11 Å². The van der Waals surface area contributed by atoms with Crippen molar-refractivity contribution in [2.24, 2.45) is 11.8 Å². The molecule has 5 heteroatoms. The van der Waals surface area contributed by atoms with Crippen LogP contribution in [0.25, 0.3) is 0 Å². The van der Waals surface area contributed by atoms with Crippen LogP contribution in [0.4, 0.5) is 0 Å². The number of benzene rings is 1. The number of carbonyl (C=O) groups is 2. The van der Waals surface area contributed by atoms with Crippen molar-refractivity contribution < 1.29 is 14.3 Å². The number of likely N-dealkylation sites (tertiary alicyclic amines) is 1. The van der Waals surface area contributed by atoms with Gasteiger partial charge in [0.05, 0.1) is 13.0 Å². The Kier molecular flexibility index (Phi) is 6.23. The molecule has 0 saturated carbocycles. The summed E-state index contributed by atoms with van der Waals surface area (Å²) in [5.41, 5.74) is 0.951. The summed E-state index contributed by atoms with van der Waals surface area (Å²) in [6.07, 6.45) is 1.07. The Balaban J connectivity index is 2.00. The van der Waals surface area contributed by atoms with Gasteiger partial charge in [-0.1, -0.05) is 32.0 Å². The summed E-state index contributed by atoms with van der Waals surface area (Å²) in [7, 11) is 1.62.